The minimum Gasteiger partial charge on any atom is -0.361 e. The van der Waals surface area contributed by atoms with Crippen molar-refractivity contribution in [1.82, 2.24) is 15.5 Å². The summed E-state index contributed by atoms with van der Waals surface area (Å²) in [4.78, 5) is 5.48. The summed E-state index contributed by atoms with van der Waals surface area (Å²) in [7, 11) is 0. The summed E-state index contributed by atoms with van der Waals surface area (Å²) >= 11 is 1.67. The van der Waals surface area contributed by atoms with E-state index in [4.69, 9.17) is 4.52 Å². The monoisotopic (exact) mass is 237 g/mol. The molecule has 0 aromatic carbocycles. The van der Waals surface area contributed by atoms with E-state index in [-0.39, 0.29) is 0 Å². The van der Waals surface area contributed by atoms with Crippen LogP contribution in [-0.4, -0.2) is 16.2 Å². The first kappa shape index (κ1) is 11.3. The van der Waals surface area contributed by atoms with Gasteiger partial charge in [0.25, 0.3) is 0 Å². The quantitative estimate of drug-likeness (QED) is 0.888. The summed E-state index contributed by atoms with van der Waals surface area (Å²) in [6.45, 7) is 6.97. The van der Waals surface area contributed by atoms with Gasteiger partial charge in [-0.1, -0.05) is 19.0 Å². The van der Waals surface area contributed by atoms with Crippen molar-refractivity contribution in [3.63, 3.8) is 0 Å². The molecule has 0 spiro atoms. The number of nitrogens with one attached hydrogen (secondary N) is 1. The number of hydrogen-bond acceptors (Lipinski definition) is 5. The van der Waals surface area contributed by atoms with Crippen LogP contribution in [0.3, 0.4) is 0 Å². The van der Waals surface area contributed by atoms with Gasteiger partial charge in [0.05, 0.1) is 16.6 Å². The Morgan fingerprint density at radius 1 is 1.44 bits per heavy atom. The second-order valence-electron chi connectivity index (χ2n) is 3.95. The lowest BCUT2D eigenvalue weighted by atomic mass is 10.2. The van der Waals surface area contributed by atoms with E-state index in [1.54, 1.807) is 17.5 Å². The topological polar surface area (TPSA) is 51.0 Å². The summed E-state index contributed by atoms with van der Waals surface area (Å²) in [5.41, 5.74) is 1.04. The molecule has 5 heteroatoms. The highest BCUT2D eigenvalue weighted by Gasteiger charge is 2.10. The van der Waals surface area contributed by atoms with Gasteiger partial charge in [-0.25, -0.2) is 4.98 Å². The van der Waals surface area contributed by atoms with Crippen LogP contribution in [0, 0.1) is 6.92 Å². The van der Waals surface area contributed by atoms with Gasteiger partial charge in [0, 0.05) is 18.8 Å². The van der Waals surface area contributed by atoms with Crippen molar-refractivity contribution in [2.24, 2.45) is 0 Å². The van der Waals surface area contributed by atoms with Crippen LogP contribution in [0.15, 0.2) is 16.9 Å². The molecule has 0 saturated carbocycles. The molecule has 0 unspecified atom stereocenters. The molecule has 0 saturated heterocycles. The van der Waals surface area contributed by atoms with E-state index >= 15 is 0 Å². The fourth-order valence-corrected chi connectivity index (χ4v) is 2.27. The van der Waals surface area contributed by atoms with Crippen molar-refractivity contribution in [2.45, 2.75) is 33.4 Å². The summed E-state index contributed by atoms with van der Waals surface area (Å²) < 4.78 is 5.04. The molecular formula is C11H15N3OS. The van der Waals surface area contributed by atoms with Crippen LogP contribution in [0.25, 0.3) is 10.4 Å². The zero-order valence-corrected chi connectivity index (χ0v) is 10.5. The third-order valence-corrected chi connectivity index (χ3v) is 3.26. The third kappa shape index (κ3) is 2.48. The van der Waals surface area contributed by atoms with E-state index in [0.717, 1.165) is 27.8 Å². The molecule has 2 heterocycles. The number of hydrogen-bond donors (Lipinski definition) is 1. The standard InChI is InChI=1S/C11H15N3OS/c1-7(2)12-6-11-13-5-10(16-11)9-4-14-15-8(9)3/h4-5,7,12H,6H2,1-3H3. The van der Waals surface area contributed by atoms with E-state index in [2.05, 4.69) is 29.3 Å². The SMILES string of the molecule is Cc1oncc1-c1cnc(CNC(C)C)s1. The molecule has 2 rings (SSSR count). The predicted molar refractivity (Wildman–Crippen MR) is 64.3 cm³/mol. The summed E-state index contributed by atoms with van der Waals surface area (Å²) in [5.74, 6) is 0.840. The van der Waals surface area contributed by atoms with Crippen LogP contribution in [0.2, 0.25) is 0 Å². The first-order valence-corrected chi connectivity index (χ1v) is 6.08. The first-order chi connectivity index (χ1) is 7.66. The van der Waals surface area contributed by atoms with Crippen LogP contribution >= 0.6 is 11.3 Å². The Morgan fingerprint density at radius 3 is 2.88 bits per heavy atom. The van der Waals surface area contributed by atoms with E-state index in [1.165, 1.54) is 0 Å². The Hall–Kier alpha value is -1.20. The lowest BCUT2D eigenvalue weighted by molar-refractivity contribution is 0.398. The average Bonchev–Trinajstić information content (AvgIpc) is 2.83. The zero-order chi connectivity index (χ0) is 11.5. The van der Waals surface area contributed by atoms with Crippen molar-refractivity contribution < 1.29 is 4.52 Å². The van der Waals surface area contributed by atoms with Crippen molar-refractivity contribution in [1.29, 1.82) is 0 Å². The molecule has 4 nitrogen and oxygen atoms in total. The number of thiazole rings is 1. The molecular weight excluding hydrogens is 222 g/mol. The lowest BCUT2D eigenvalue weighted by Crippen LogP contribution is -2.21. The van der Waals surface area contributed by atoms with Gasteiger partial charge in [-0.15, -0.1) is 11.3 Å². The van der Waals surface area contributed by atoms with Gasteiger partial charge >= 0.3 is 0 Å². The number of aromatic nitrogens is 2. The van der Waals surface area contributed by atoms with Gasteiger partial charge in [-0.05, 0) is 6.92 Å². The van der Waals surface area contributed by atoms with Crippen molar-refractivity contribution >= 4 is 11.3 Å². The minimum absolute atomic E-state index is 0.477. The molecule has 0 aliphatic rings. The third-order valence-electron chi connectivity index (χ3n) is 2.23. The highest BCUT2D eigenvalue weighted by molar-refractivity contribution is 7.15. The number of rotatable bonds is 4. The lowest BCUT2D eigenvalue weighted by Gasteiger charge is -2.04. The zero-order valence-electron chi connectivity index (χ0n) is 9.65. The van der Waals surface area contributed by atoms with Gasteiger partial charge < -0.3 is 9.84 Å². The molecule has 0 aliphatic carbocycles. The van der Waals surface area contributed by atoms with Crippen molar-refractivity contribution in [3.8, 4) is 10.4 Å². The normalized spacial score (nSPS) is 11.2. The predicted octanol–water partition coefficient (Wildman–Crippen LogP) is 2.60. The molecule has 16 heavy (non-hydrogen) atoms. The van der Waals surface area contributed by atoms with Crippen LogP contribution in [-0.2, 0) is 6.54 Å². The molecule has 0 amide bonds. The highest BCUT2D eigenvalue weighted by Crippen LogP contribution is 2.28. The summed E-state index contributed by atoms with van der Waals surface area (Å²) in [6, 6.07) is 0.477. The fraction of sp³-hybridized carbons (Fsp3) is 0.455. The number of aryl methyl sites for hydroxylation is 1. The molecule has 2 aromatic heterocycles. The van der Waals surface area contributed by atoms with Gasteiger partial charge in [0.2, 0.25) is 0 Å². The minimum atomic E-state index is 0.477. The van der Waals surface area contributed by atoms with E-state index in [0.29, 0.717) is 6.04 Å². The maximum absolute atomic E-state index is 5.04. The fourth-order valence-electron chi connectivity index (χ4n) is 1.34. The maximum atomic E-state index is 5.04. The van der Waals surface area contributed by atoms with Gasteiger partial charge in [-0.3, -0.25) is 0 Å². The average molecular weight is 237 g/mol. The van der Waals surface area contributed by atoms with Crippen LogP contribution in [0.5, 0.6) is 0 Å². The molecule has 0 aliphatic heterocycles. The van der Waals surface area contributed by atoms with Crippen LogP contribution in [0.1, 0.15) is 24.6 Å². The largest absolute Gasteiger partial charge is 0.361 e. The molecule has 2 aromatic rings. The van der Waals surface area contributed by atoms with Gasteiger partial charge in [0.1, 0.15) is 10.8 Å². The molecule has 0 radical (unpaired) electrons. The second kappa shape index (κ2) is 4.76. The Kier molecular flexibility index (Phi) is 3.36. The Bertz CT molecular complexity index is 461. The van der Waals surface area contributed by atoms with Gasteiger partial charge in [0.15, 0.2) is 0 Å². The molecule has 0 atom stereocenters. The second-order valence-corrected chi connectivity index (χ2v) is 5.06. The van der Waals surface area contributed by atoms with Crippen LogP contribution < -0.4 is 5.32 Å². The van der Waals surface area contributed by atoms with Crippen molar-refractivity contribution in [3.05, 3.63) is 23.2 Å². The maximum Gasteiger partial charge on any atom is 0.142 e. The highest BCUT2D eigenvalue weighted by atomic mass is 32.1. The molecule has 1 N–H and O–H groups in total. The number of nitrogens with zero attached hydrogens (tertiary/aromatic N) is 2. The van der Waals surface area contributed by atoms with Gasteiger partial charge in [-0.2, -0.15) is 0 Å². The molecule has 0 fully saturated rings. The van der Waals surface area contributed by atoms with E-state index in [9.17, 15) is 0 Å². The van der Waals surface area contributed by atoms with Crippen molar-refractivity contribution in [2.75, 3.05) is 0 Å². The summed E-state index contributed by atoms with van der Waals surface area (Å²) in [6.07, 6.45) is 3.62. The Morgan fingerprint density at radius 2 is 2.25 bits per heavy atom. The van der Waals surface area contributed by atoms with E-state index < -0.39 is 0 Å². The summed E-state index contributed by atoms with van der Waals surface area (Å²) in [5, 5.41) is 8.20. The Labute approximate surface area is 98.7 Å². The molecule has 86 valence electrons. The Balaban J connectivity index is 2.11. The smallest absolute Gasteiger partial charge is 0.142 e. The molecule has 0 bridgehead atoms. The van der Waals surface area contributed by atoms with E-state index in [1.807, 2.05) is 13.1 Å². The van der Waals surface area contributed by atoms with Crippen LogP contribution in [0.4, 0.5) is 0 Å². The first-order valence-electron chi connectivity index (χ1n) is 5.26.